The Labute approximate surface area is 285 Å². The van der Waals surface area contributed by atoms with E-state index >= 15 is 0 Å². The molecule has 248 valence electrons. The number of carbonyl (C=O) groups is 2. The highest BCUT2D eigenvalue weighted by molar-refractivity contribution is 7.10. The van der Waals surface area contributed by atoms with Crippen LogP contribution >= 0.6 is 11.3 Å². The number of aliphatic hydroxyl groups is 2. The summed E-state index contributed by atoms with van der Waals surface area (Å²) in [5.41, 5.74) is 2.05. The zero-order valence-corrected chi connectivity index (χ0v) is 26.9. The number of aliphatic carboxylic acids is 1. The van der Waals surface area contributed by atoms with Gasteiger partial charge in [0.25, 0.3) is 5.91 Å². The van der Waals surface area contributed by atoms with Crippen molar-refractivity contribution < 1.29 is 30.0 Å². The fraction of sp³-hybridized carbons (Fsp3) is 0.132. The van der Waals surface area contributed by atoms with E-state index in [1.54, 1.807) is 78.9 Å². The van der Waals surface area contributed by atoms with Gasteiger partial charge in [0.1, 0.15) is 5.75 Å². The molecule has 4 aromatic carbocycles. The normalized spacial score (nSPS) is 13.1. The minimum absolute atomic E-state index is 0.0675. The van der Waals surface area contributed by atoms with Crippen LogP contribution < -0.4 is 16.2 Å². The lowest BCUT2D eigenvalue weighted by Crippen LogP contribution is -2.36. The molecule has 2 atom stereocenters. The van der Waals surface area contributed by atoms with Crippen molar-refractivity contribution in [3.05, 3.63) is 158 Å². The van der Waals surface area contributed by atoms with Gasteiger partial charge in [-0.25, -0.2) is 4.79 Å². The van der Waals surface area contributed by atoms with Crippen molar-refractivity contribution in [1.82, 2.24) is 15.6 Å². The molecule has 0 bridgehead atoms. The van der Waals surface area contributed by atoms with Gasteiger partial charge in [-0.3, -0.25) is 9.59 Å². The maximum atomic E-state index is 12.9. The van der Waals surface area contributed by atoms with Gasteiger partial charge in [-0.2, -0.15) is 0 Å². The van der Waals surface area contributed by atoms with Gasteiger partial charge >= 0.3 is 5.97 Å². The molecule has 0 saturated carbocycles. The van der Waals surface area contributed by atoms with E-state index in [-0.39, 0.29) is 40.4 Å². The summed E-state index contributed by atoms with van der Waals surface area (Å²) in [6, 6.07) is 30.1. The maximum absolute atomic E-state index is 12.9. The van der Waals surface area contributed by atoms with Gasteiger partial charge in [0, 0.05) is 35.0 Å². The molecule has 11 heteroatoms. The fourth-order valence-corrected chi connectivity index (χ4v) is 6.51. The number of phenols is 1. The molecule has 0 aliphatic carbocycles. The number of amides is 1. The zero-order valence-electron chi connectivity index (χ0n) is 26.1. The molecule has 10 nitrogen and oxygen atoms in total. The molecule has 2 aromatic heterocycles. The minimum atomic E-state index is -2.17. The number of carboxylic acids is 1. The standard InChI is InChI=1S/C38H33N3O7S/c42-32-16-14-30(31-15-17-34(44)41-35(31)32)33(43)21-39-19-23-6-8-25(9-7-23)36(45)40-20-29-18-26(22-49-29)24-10-12-28(13-11-24)38(48,37(46)47)27-4-2-1-3-5-27/h1-18,22,33,39,42-43,48H,19-21H2,(H,40,45)(H,41,44)(H,46,47). The van der Waals surface area contributed by atoms with Gasteiger partial charge in [0.15, 0.2) is 0 Å². The van der Waals surface area contributed by atoms with E-state index in [4.69, 9.17) is 0 Å². The van der Waals surface area contributed by atoms with E-state index in [9.17, 15) is 34.8 Å². The van der Waals surface area contributed by atoms with E-state index in [0.717, 1.165) is 21.6 Å². The number of aromatic hydroxyl groups is 1. The highest BCUT2D eigenvalue weighted by atomic mass is 32.1. The van der Waals surface area contributed by atoms with Crippen molar-refractivity contribution in [2.45, 2.75) is 24.8 Å². The second-order valence-electron chi connectivity index (χ2n) is 11.6. The molecule has 6 rings (SSSR count). The monoisotopic (exact) mass is 675 g/mol. The Bertz CT molecular complexity index is 2160. The van der Waals surface area contributed by atoms with Crippen LogP contribution in [0.1, 0.15) is 43.6 Å². The largest absolute Gasteiger partial charge is 0.506 e. The maximum Gasteiger partial charge on any atom is 0.345 e. The summed E-state index contributed by atoms with van der Waals surface area (Å²) in [4.78, 5) is 40.1. The first-order chi connectivity index (χ1) is 23.6. The smallest absolute Gasteiger partial charge is 0.345 e. The molecule has 1 amide bonds. The lowest BCUT2D eigenvalue weighted by molar-refractivity contribution is -0.155. The number of aromatic amines is 1. The number of carbonyl (C=O) groups excluding carboxylic acids is 1. The number of aliphatic hydroxyl groups excluding tert-OH is 1. The Balaban J connectivity index is 1.01. The molecule has 0 radical (unpaired) electrons. The number of hydrogen-bond acceptors (Lipinski definition) is 8. The van der Waals surface area contributed by atoms with Crippen molar-refractivity contribution >= 4 is 34.1 Å². The van der Waals surface area contributed by atoms with Crippen LogP contribution in [-0.2, 0) is 23.5 Å². The molecule has 0 aliphatic rings. The van der Waals surface area contributed by atoms with Crippen LogP contribution in [-0.4, -0.2) is 43.8 Å². The number of benzene rings is 4. The van der Waals surface area contributed by atoms with Crippen LogP contribution in [0.4, 0.5) is 0 Å². The Kier molecular flexibility index (Phi) is 9.70. The van der Waals surface area contributed by atoms with E-state index in [1.807, 2.05) is 23.6 Å². The third-order valence-corrected chi connectivity index (χ3v) is 9.30. The van der Waals surface area contributed by atoms with Crippen LogP contribution in [0.25, 0.3) is 22.0 Å². The number of thiophene rings is 1. The van der Waals surface area contributed by atoms with E-state index in [0.29, 0.717) is 29.6 Å². The van der Waals surface area contributed by atoms with Gasteiger partial charge in [0.05, 0.1) is 18.2 Å². The summed E-state index contributed by atoms with van der Waals surface area (Å²) >= 11 is 1.49. The first-order valence-electron chi connectivity index (χ1n) is 15.4. The number of nitrogens with one attached hydrogen (secondary N) is 3. The summed E-state index contributed by atoms with van der Waals surface area (Å²) in [6.07, 6.45) is -0.882. The van der Waals surface area contributed by atoms with Crippen LogP contribution in [0, 0.1) is 0 Å². The third kappa shape index (κ3) is 7.15. The molecular weight excluding hydrogens is 642 g/mol. The molecule has 0 aliphatic heterocycles. The van der Waals surface area contributed by atoms with Crippen molar-refractivity contribution in [3.8, 4) is 16.9 Å². The summed E-state index contributed by atoms with van der Waals surface area (Å²) in [6.45, 7) is 1.01. The molecule has 0 spiro atoms. The number of rotatable bonds is 12. The van der Waals surface area contributed by atoms with Crippen LogP contribution in [0.5, 0.6) is 5.75 Å². The molecule has 0 fully saturated rings. The van der Waals surface area contributed by atoms with E-state index < -0.39 is 17.7 Å². The molecule has 49 heavy (non-hydrogen) atoms. The number of aromatic nitrogens is 1. The molecule has 2 unspecified atom stereocenters. The number of carboxylic acid groups (broad SMARTS) is 1. The summed E-state index contributed by atoms with van der Waals surface area (Å²) in [5.74, 6) is -1.65. The Hall–Kier alpha value is -5.59. The fourth-order valence-electron chi connectivity index (χ4n) is 5.68. The SMILES string of the molecule is O=C(NCc1cc(-c2ccc(C(O)(C(=O)O)c3ccccc3)cc2)cs1)c1ccc(CNCC(O)c2ccc(O)c3[nH]c(=O)ccc23)cc1. The van der Waals surface area contributed by atoms with Gasteiger partial charge in [-0.05, 0) is 69.1 Å². The Morgan fingerprint density at radius 1 is 0.837 bits per heavy atom. The van der Waals surface area contributed by atoms with Crippen LogP contribution in [0.15, 0.2) is 119 Å². The highest BCUT2D eigenvalue weighted by Crippen LogP contribution is 2.33. The second kappa shape index (κ2) is 14.3. The van der Waals surface area contributed by atoms with Gasteiger partial charge in [-0.15, -0.1) is 11.3 Å². The topological polar surface area (TPSA) is 172 Å². The average molecular weight is 676 g/mol. The zero-order chi connectivity index (χ0) is 34.5. The Morgan fingerprint density at radius 2 is 1.55 bits per heavy atom. The minimum Gasteiger partial charge on any atom is -0.506 e. The van der Waals surface area contributed by atoms with Crippen molar-refractivity contribution in [3.63, 3.8) is 0 Å². The number of H-pyrrole nitrogens is 1. The van der Waals surface area contributed by atoms with Gasteiger partial charge < -0.3 is 36.0 Å². The summed E-state index contributed by atoms with van der Waals surface area (Å²) in [5, 5.41) is 50.5. The first kappa shape index (κ1) is 33.3. The molecule has 7 N–H and O–H groups in total. The lowest BCUT2D eigenvalue weighted by atomic mass is 9.86. The van der Waals surface area contributed by atoms with E-state index in [1.165, 1.54) is 23.5 Å². The predicted molar refractivity (Wildman–Crippen MR) is 187 cm³/mol. The number of fused-ring (bicyclic) bond motifs is 1. The van der Waals surface area contributed by atoms with Gasteiger partial charge in [0.2, 0.25) is 11.2 Å². The Morgan fingerprint density at radius 3 is 2.27 bits per heavy atom. The number of hydrogen-bond donors (Lipinski definition) is 7. The van der Waals surface area contributed by atoms with Gasteiger partial charge in [-0.1, -0.05) is 72.8 Å². The molecule has 6 aromatic rings. The molecule has 2 heterocycles. The predicted octanol–water partition coefficient (Wildman–Crippen LogP) is 5.04. The van der Waals surface area contributed by atoms with Crippen molar-refractivity contribution in [2.75, 3.05) is 6.54 Å². The van der Waals surface area contributed by atoms with Crippen LogP contribution in [0.3, 0.4) is 0 Å². The van der Waals surface area contributed by atoms with Crippen molar-refractivity contribution in [1.29, 1.82) is 0 Å². The number of phenolic OH excluding ortho intramolecular Hbond substituents is 1. The summed E-state index contributed by atoms with van der Waals surface area (Å²) in [7, 11) is 0. The lowest BCUT2D eigenvalue weighted by Gasteiger charge is -2.24. The number of pyridine rings is 1. The third-order valence-electron chi connectivity index (χ3n) is 8.36. The molecule has 0 saturated heterocycles. The summed E-state index contributed by atoms with van der Waals surface area (Å²) < 4.78 is 0. The average Bonchev–Trinajstić information content (AvgIpc) is 3.60. The highest BCUT2D eigenvalue weighted by Gasteiger charge is 2.40. The quantitative estimate of drug-likeness (QED) is 0.0946. The molecular formula is C38H33N3O7S. The van der Waals surface area contributed by atoms with Crippen molar-refractivity contribution in [2.24, 2.45) is 0 Å². The first-order valence-corrected chi connectivity index (χ1v) is 16.3. The second-order valence-corrected chi connectivity index (χ2v) is 12.6. The van der Waals surface area contributed by atoms with E-state index in [2.05, 4.69) is 15.6 Å². The van der Waals surface area contributed by atoms with Crippen LogP contribution in [0.2, 0.25) is 0 Å².